The van der Waals surface area contributed by atoms with Gasteiger partial charge in [0.2, 0.25) is 0 Å². The van der Waals surface area contributed by atoms with Crippen LogP contribution in [0.1, 0.15) is 12.5 Å². The topological polar surface area (TPSA) is 44.5 Å². The molecule has 90 valence electrons. The molecule has 0 aliphatic heterocycles. The van der Waals surface area contributed by atoms with Gasteiger partial charge in [0.1, 0.15) is 5.75 Å². The average molecular weight is 223 g/mol. The molecular weight excluding hydrogens is 202 g/mol. The van der Waals surface area contributed by atoms with Crippen LogP contribution in [0.3, 0.4) is 0 Å². The molecule has 3 nitrogen and oxygen atoms in total. The fraction of sp³-hybridized carbons (Fsp3) is 0.538. The van der Waals surface area contributed by atoms with E-state index in [0.717, 1.165) is 12.2 Å². The van der Waals surface area contributed by atoms with Crippen molar-refractivity contribution in [1.82, 2.24) is 0 Å². The zero-order valence-corrected chi connectivity index (χ0v) is 10.3. The standard InChI is InChI=1S/C13H21NO2/c1-10(9-15-2)13(14)8-11-5-4-6-12(7-11)16-3/h4-7,10,13H,8-9,14H2,1-3H3. The Morgan fingerprint density at radius 1 is 1.31 bits per heavy atom. The summed E-state index contributed by atoms with van der Waals surface area (Å²) in [5.74, 6) is 1.24. The Hall–Kier alpha value is -1.06. The summed E-state index contributed by atoms with van der Waals surface area (Å²) in [6.45, 7) is 2.81. The van der Waals surface area contributed by atoms with Gasteiger partial charge in [0.05, 0.1) is 13.7 Å². The van der Waals surface area contributed by atoms with Crippen molar-refractivity contribution < 1.29 is 9.47 Å². The molecule has 0 bridgehead atoms. The SMILES string of the molecule is COCC(C)C(N)Cc1cccc(OC)c1. The first-order valence-corrected chi connectivity index (χ1v) is 5.54. The summed E-state index contributed by atoms with van der Waals surface area (Å²) >= 11 is 0. The summed E-state index contributed by atoms with van der Waals surface area (Å²) in [6.07, 6.45) is 0.849. The van der Waals surface area contributed by atoms with E-state index in [-0.39, 0.29) is 6.04 Å². The zero-order valence-electron chi connectivity index (χ0n) is 10.3. The zero-order chi connectivity index (χ0) is 12.0. The van der Waals surface area contributed by atoms with Gasteiger partial charge in [-0.3, -0.25) is 0 Å². The van der Waals surface area contributed by atoms with Crippen LogP contribution in [0.4, 0.5) is 0 Å². The third kappa shape index (κ3) is 3.83. The largest absolute Gasteiger partial charge is 0.497 e. The maximum absolute atomic E-state index is 6.11. The van der Waals surface area contributed by atoms with Gasteiger partial charge in [-0.15, -0.1) is 0 Å². The van der Waals surface area contributed by atoms with Gasteiger partial charge < -0.3 is 15.2 Å². The van der Waals surface area contributed by atoms with Crippen molar-refractivity contribution in [3.8, 4) is 5.75 Å². The van der Waals surface area contributed by atoms with E-state index in [1.165, 1.54) is 5.56 Å². The van der Waals surface area contributed by atoms with Gasteiger partial charge in [-0.05, 0) is 30.0 Å². The van der Waals surface area contributed by atoms with Crippen molar-refractivity contribution in [3.63, 3.8) is 0 Å². The molecule has 0 spiro atoms. The smallest absolute Gasteiger partial charge is 0.119 e. The Labute approximate surface area is 97.6 Å². The van der Waals surface area contributed by atoms with E-state index < -0.39 is 0 Å². The van der Waals surface area contributed by atoms with Crippen molar-refractivity contribution in [2.45, 2.75) is 19.4 Å². The summed E-state index contributed by atoms with van der Waals surface area (Å²) in [5, 5.41) is 0. The number of ether oxygens (including phenoxy) is 2. The Bertz CT molecular complexity index is 315. The summed E-state index contributed by atoms with van der Waals surface area (Å²) < 4.78 is 10.3. The first-order valence-electron chi connectivity index (χ1n) is 5.54. The van der Waals surface area contributed by atoms with E-state index >= 15 is 0 Å². The highest BCUT2D eigenvalue weighted by Gasteiger charge is 2.13. The minimum absolute atomic E-state index is 0.118. The van der Waals surface area contributed by atoms with Gasteiger partial charge in [-0.1, -0.05) is 19.1 Å². The number of benzene rings is 1. The predicted octanol–water partition coefficient (Wildman–Crippen LogP) is 1.85. The van der Waals surface area contributed by atoms with Gasteiger partial charge in [-0.25, -0.2) is 0 Å². The van der Waals surface area contributed by atoms with E-state index in [2.05, 4.69) is 13.0 Å². The molecule has 0 fully saturated rings. The highest BCUT2D eigenvalue weighted by Crippen LogP contribution is 2.15. The summed E-state index contributed by atoms with van der Waals surface area (Å²) in [7, 11) is 3.38. The van der Waals surface area contributed by atoms with Gasteiger partial charge in [0.15, 0.2) is 0 Å². The Morgan fingerprint density at radius 3 is 2.69 bits per heavy atom. The van der Waals surface area contributed by atoms with Crippen LogP contribution in [0.15, 0.2) is 24.3 Å². The second kappa shape index (κ2) is 6.51. The van der Waals surface area contributed by atoms with E-state index in [9.17, 15) is 0 Å². The minimum atomic E-state index is 0.118. The maximum Gasteiger partial charge on any atom is 0.119 e. The molecule has 0 saturated carbocycles. The van der Waals surface area contributed by atoms with Crippen LogP contribution in [0.2, 0.25) is 0 Å². The van der Waals surface area contributed by atoms with Crippen LogP contribution in [0.25, 0.3) is 0 Å². The Kier molecular flexibility index (Phi) is 5.29. The highest BCUT2D eigenvalue weighted by molar-refractivity contribution is 5.28. The van der Waals surface area contributed by atoms with Crippen LogP contribution in [-0.2, 0) is 11.2 Å². The molecule has 3 heteroatoms. The van der Waals surface area contributed by atoms with Crippen molar-refractivity contribution in [1.29, 1.82) is 0 Å². The first kappa shape index (κ1) is 13.0. The molecule has 0 radical (unpaired) electrons. The molecule has 2 unspecified atom stereocenters. The number of nitrogens with two attached hydrogens (primary N) is 1. The van der Waals surface area contributed by atoms with Crippen LogP contribution in [-0.4, -0.2) is 26.9 Å². The summed E-state index contributed by atoms with van der Waals surface area (Å²) in [4.78, 5) is 0. The van der Waals surface area contributed by atoms with Crippen molar-refractivity contribution in [2.24, 2.45) is 11.7 Å². The summed E-state index contributed by atoms with van der Waals surface area (Å²) in [5.41, 5.74) is 7.31. The lowest BCUT2D eigenvalue weighted by Crippen LogP contribution is -2.33. The summed E-state index contributed by atoms with van der Waals surface area (Å²) in [6, 6.07) is 8.14. The monoisotopic (exact) mass is 223 g/mol. The molecule has 1 aromatic carbocycles. The van der Waals surface area contributed by atoms with Gasteiger partial charge in [0.25, 0.3) is 0 Å². The van der Waals surface area contributed by atoms with Crippen LogP contribution in [0, 0.1) is 5.92 Å². The molecule has 0 amide bonds. The number of rotatable bonds is 6. The molecule has 0 heterocycles. The first-order chi connectivity index (χ1) is 7.67. The van der Waals surface area contributed by atoms with E-state index in [0.29, 0.717) is 12.5 Å². The fourth-order valence-electron chi connectivity index (χ4n) is 1.66. The molecular formula is C13H21NO2. The Morgan fingerprint density at radius 2 is 2.06 bits per heavy atom. The van der Waals surface area contributed by atoms with Crippen LogP contribution in [0.5, 0.6) is 5.75 Å². The van der Waals surface area contributed by atoms with Crippen LogP contribution >= 0.6 is 0 Å². The lowest BCUT2D eigenvalue weighted by atomic mass is 9.96. The van der Waals surface area contributed by atoms with Gasteiger partial charge >= 0.3 is 0 Å². The normalized spacial score (nSPS) is 14.5. The van der Waals surface area contributed by atoms with Crippen molar-refractivity contribution >= 4 is 0 Å². The molecule has 0 aromatic heterocycles. The highest BCUT2D eigenvalue weighted by atomic mass is 16.5. The van der Waals surface area contributed by atoms with E-state index in [1.54, 1.807) is 14.2 Å². The molecule has 1 rings (SSSR count). The number of methoxy groups -OCH3 is 2. The predicted molar refractivity (Wildman–Crippen MR) is 65.7 cm³/mol. The molecule has 1 aromatic rings. The minimum Gasteiger partial charge on any atom is -0.497 e. The van der Waals surface area contributed by atoms with Crippen molar-refractivity contribution in [2.75, 3.05) is 20.8 Å². The number of hydrogen-bond acceptors (Lipinski definition) is 3. The maximum atomic E-state index is 6.11. The third-order valence-electron chi connectivity index (χ3n) is 2.77. The van der Waals surface area contributed by atoms with E-state index in [4.69, 9.17) is 15.2 Å². The molecule has 0 aliphatic carbocycles. The average Bonchev–Trinajstić information content (AvgIpc) is 2.29. The van der Waals surface area contributed by atoms with E-state index in [1.807, 2.05) is 18.2 Å². The number of hydrogen-bond donors (Lipinski definition) is 1. The van der Waals surface area contributed by atoms with Gasteiger partial charge in [-0.2, -0.15) is 0 Å². The Balaban J connectivity index is 2.58. The second-order valence-corrected chi connectivity index (χ2v) is 4.15. The molecule has 0 aliphatic rings. The van der Waals surface area contributed by atoms with Crippen molar-refractivity contribution in [3.05, 3.63) is 29.8 Å². The molecule has 2 atom stereocenters. The molecule has 2 N–H and O–H groups in total. The quantitative estimate of drug-likeness (QED) is 0.800. The lowest BCUT2D eigenvalue weighted by molar-refractivity contribution is 0.147. The second-order valence-electron chi connectivity index (χ2n) is 4.15. The molecule has 0 saturated heterocycles. The third-order valence-corrected chi connectivity index (χ3v) is 2.77. The lowest BCUT2D eigenvalue weighted by Gasteiger charge is -2.19. The van der Waals surface area contributed by atoms with Crippen LogP contribution < -0.4 is 10.5 Å². The molecule has 16 heavy (non-hydrogen) atoms. The fourth-order valence-corrected chi connectivity index (χ4v) is 1.66. The van der Waals surface area contributed by atoms with Gasteiger partial charge in [0, 0.05) is 13.2 Å².